The fraction of sp³-hybridized carbons (Fsp3) is 0.214. The van der Waals surface area contributed by atoms with Gasteiger partial charge in [0.25, 0.3) is 0 Å². The van der Waals surface area contributed by atoms with Crippen molar-refractivity contribution in [2.45, 2.75) is 20.8 Å². The van der Waals surface area contributed by atoms with Crippen molar-refractivity contribution >= 4 is 28.2 Å². The SMILES string of the molecule is Cc1cc2c(C=O)c3oc(C)cc3c(C)c2o1. The van der Waals surface area contributed by atoms with E-state index in [-0.39, 0.29) is 0 Å². The number of fused-ring (bicyclic) bond motifs is 2. The molecule has 1 aromatic carbocycles. The van der Waals surface area contributed by atoms with Crippen LogP contribution < -0.4 is 0 Å². The third kappa shape index (κ3) is 1.25. The second-order valence-corrected chi connectivity index (χ2v) is 4.36. The largest absolute Gasteiger partial charge is 0.461 e. The van der Waals surface area contributed by atoms with Gasteiger partial charge in [-0.15, -0.1) is 0 Å². The summed E-state index contributed by atoms with van der Waals surface area (Å²) in [6.07, 6.45) is 0.835. The quantitative estimate of drug-likeness (QED) is 0.593. The molecule has 0 bridgehead atoms. The van der Waals surface area contributed by atoms with Gasteiger partial charge in [0, 0.05) is 16.3 Å². The number of hydrogen-bond acceptors (Lipinski definition) is 3. The molecule has 2 heterocycles. The molecule has 3 nitrogen and oxygen atoms in total. The molecule has 0 saturated carbocycles. The fourth-order valence-corrected chi connectivity index (χ4v) is 2.35. The summed E-state index contributed by atoms with van der Waals surface area (Å²) in [5.74, 6) is 1.60. The van der Waals surface area contributed by atoms with Gasteiger partial charge in [0.15, 0.2) is 6.29 Å². The molecule has 0 radical (unpaired) electrons. The zero-order chi connectivity index (χ0) is 12.2. The number of aryl methyl sites for hydroxylation is 3. The van der Waals surface area contributed by atoms with Gasteiger partial charge in [0.2, 0.25) is 0 Å². The molecule has 0 amide bonds. The van der Waals surface area contributed by atoms with Crippen molar-refractivity contribution in [1.29, 1.82) is 0 Å². The van der Waals surface area contributed by atoms with Crippen molar-refractivity contribution in [3.05, 3.63) is 34.8 Å². The van der Waals surface area contributed by atoms with Gasteiger partial charge in [-0.1, -0.05) is 0 Å². The zero-order valence-electron chi connectivity index (χ0n) is 9.96. The van der Waals surface area contributed by atoms with Crippen LogP contribution in [0.2, 0.25) is 0 Å². The van der Waals surface area contributed by atoms with E-state index < -0.39 is 0 Å². The first-order valence-electron chi connectivity index (χ1n) is 5.50. The summed E-state index contributed by atoms with van der Waals surface area (Å²) in [5, 5.41) is 1.78. The van der Waals surface area contributed by atoms with E-state index in [1.54, 1.807) is 0 Å². The second kappa shape index (κ2) is 3.23. The Kier molecular flexibility index (Phi) is 1.93. The minimum atomic E-state index is 0.575. The van der Waals surface area contributed by atoms with Crippen molar-refractivity contribution in [2.75, 3.05) is 0 Å². The minimum Gasteiger partial charge on any atom is -0.461 e. The van der Waals surface area contributed by atoms with Gasteiger partial charge in [0.1, 0.15) is 22.7 Å². The summed E-state index contributed by atoms with van der Waals surface area (Å²) in [4.78, 5) is 11.3. The maximum atomic E-state index is 11.3. The average molecular weight is 228 g/mol. The molecule has 0 fully saturated rings. The van der Waals surface area contributed by atoms with Gasteiger partial charge in [0.05, 0.1) is 5.56 Å². The molecule has 0 atom stereocenters. The van der Waals surface area contributed by atoms with E-state index in [0.717, 1.165) is 39.7 Å². The highest BCUT2D eigenvalue weighted by molar-refractivity contribution is 6.11. The van der Waals surface area contributed by atoms with Crippen molar-refractivity contribution < 1.29 is 13.6 Å². The van der Waals surface area contributed by atoms with Crippen LogP contribution in [-0.4, -0.2) is 6.29 Å². The molecular formula is C14H12O3. The number of benzene rings is 1. The number of hydrogen-bond donors (Lipinski definition) is 0. The molecule has 3 aromatic rings. The van der Waals surface area contributed by atoms with Crippen LogP contribution in [0, 0.1) is 20.8 Å². The molecular weight excluding hydrogens is 216 g/mol. The van der Waals surface area contributed by atoms with Crippen molar-refractivity contribution in [1.82, 2.24) is 0 Å². The lowest BCUT2D eigenvalue weighted by Gasteiger charge is -2.00. The highest BCUT2D eigenvalue weighted by Gasteiger charge is 2.17. The first kappa shape index (κ1) is 10.1. The third-order valence-electron chi connectivity index (χ3n) is 3.11. The van der Waals surface area contributed by atoms with Crippen LogP contribution >= 0.6 is 0 Å². The van der Waals surface area contributed by atoms with Crippen LogP contribution in [0.5, 0.6) is 0 Å². The zero-order valence-corrected chi connectivity index (χ0v) is 9.96. The number of carbonyl (C=O) groups excluding carboxylic acids is 1. The van der Waals surface area contributed by atoms with Crippen molar-refractivity contribution in [3.63, 3.8) is 0 Å². The molecule has 86 valence electrons. The van der Waals surface area contributed by atoms with Gasteiger partial charge in [-0.3, -0.25) is 4.79 Å². The topological polar surface area (TPSA) is 43.4 Å². The molecule has 0 aliphatic carbocycles. The van der Waals surface area contributed by atoms with Crippen LogP contribution in [0.15, 0.2) is 21.0 Å². The van der Waals surface area contributed by atoms with Crippen LogP contribution in [0.25, 0.3) is 21.9 Å². The molecule has 3 heteroatoms. The molecule has 17 heavy (non-hydrogen) atoms. The third-order valence-corrected chi connectivity index (χ3v) is 3.11. The van der Waals surface area contributed by atoms with Crippen LogP contribution in [0.1, 0.15) is 27.4 Å². The lowest BCUT2D eigenvalue weighted by molar-refractivity contribution is 0.112. The molecule has 0 aliphatic rings. The first-order chi connectivity index (χ1) is 8.11. The summed E-state index contributed by atoms with van der Waals surface area (Å²) in [7, 11) is 0. The van der Waals surface area contributed by atoms with Crippen LogP contribution in [0.3, 0.4) is 0 Å². The highest BCUT2D eigenvalue weighted by Crippen LogP contribution is 2.35. The normalized spacial score (nSPS) is 11.5. The number of carbonyl (C=O) groups is 1. The lowest BCUT2D eigenvalue weighted by Crippen LogP contribution is -1.85. The Morgan fingerprint density at radius 3 is 2.18 bits per heavy atom. The molecule has 0 saturated heterocycles. The van der Waals surface area contributed by atoms with E-state index in [2.05, 4.69) is 0 Å². The molecule has 2 aromatic heterocycles. The van der Waals surface area contributed by atoms with Crippen molar-refractivity contribution in [3.8, 4) is 0 Å². The average Bonchev–Trinajstić information content (AvgIpc) is 2.83. The van der Waals surface area contributed by atoms with Gasteiger partial charge in [-0.25, -0.2) is 0 Å². The predicted octanol–water partition coefficient (Wildman–Crippen LogP) is 3.92. The van der Waals surface area contributed by atoms with E-state index >= 15 is 0 Å². The Labute approximate surface area is 98.0 Å². The lowest BCUT2D eigenvalue weighted by atomic mass is 10.0. The van der Waals surface area contributed by atoms with Crippen LogP contribution in [-0.2, 0) is 0 Å². The molecule has 0 spiro atoms. The summed E-state index contributed by atoms with van der Waals surface area (Å²) >= 11 is 0. The van der Waals surface area contributed by atoms with E-state index in [1.165, 1.54) is 0 Å². The number of furan rings is 2. The van der Waals surface area contributed by atoms with Crippen molar-refractivity contribution in [2.24, 2.45) is 0 Å². The Balaban J connectivity index is 2.65. The number of aldehydes is 1. The number of rotatable bonds is 1. The molecule has 3 rings (SSSR count). The van der Waals surface area contributed by atoms with Gasteiger partial charge < -0.3 is 8.83 Å². The van der Waals surface area contributed by atoms with Gasteiger partial charge in [-0.05, 0) is 32.9 Å². The monoisotopic (exact) mass is 228 g/mol. The van der Waals surface area contributed by atoms with Gasteiger partial charge >= 0.3 is 0 Å². The maximum absolute atomic E-state index is 11.3. The smallest absolute Gasteiger partial charge is 0.154 e. The Morgan fingerprint density at radius 2 is 1.53 bits per heavy atom. The Hall–Kier alpha value is -2.03. The molecule has 0 unspecified atom stereocenters. The van der Waals surface area contributed by atoms with E-state index in [9.17, 15) is 4.79 Å². The Bertz CT molecular complexity index is 686. The summed E-state index contributed by atoms with van der Waals surface area (Å²) in [6, 6.07) is 3.82. The van der Waals surface area contributed by atoms with E-state index in [1.807, 2.05) is 32.9 Å². The Morgan fingerprint density at radius 1 is 0.941 bits per heavy atom. The van der Waals surface area contributed by atoms with Gasteiger partial charge in [-0.2, -0.15) is 0 Å². The van der Waals surface area contributed by atoms with Crippen LogP contribution in [0.4, 0.5) is 0 Å². The fourth-order valence-electron chi connectivity index (χ4n) is 2.35. The predicted molar refractivity (Wildman–Crippen MR) is 65.6 cm³/mol. The highest BCUT2D eigenvalue weighted by atomic mass is 16.3. The van der Waals surface area contributed by atoms with E-state index in [4.69, 9.17) is 8.83 Å². The molecule has 0 aliphatic heterocycles. The minimum absolute atomic E-state index is 0.575. The van der Waals surface area contributed by atoms with E-state index in [0.29, 0.717) is 11.1 Å². The second-order valence-electron chi connectivity index (χ2n) is 4.36. The summed E-state index contributed by atoms with van der Waals surface area (Å²) < 4.78 is 11.3. The standard InChI is InChI=1S/C14H12O3/c1-7-4-10-9(3)13-11(5-8(2)16-13)12(6-15)14(10)17-7/h4-6H,1-3H3. The first-order valence-corrected chi connectivity index (χ1v) is 5.50. The molecule has 0 N–H and O–H groups in total. The summed E-state index contributed by atoms with van der Waals surface area (Å²) in [6.45, 7) is 5.74. The maximum Gasteiger partial charge on any atom is 0.154 e. The summed E-state index contributed by atoms with van der Waals surface area (Å²) in [5.41, 5.74) is 3.03.